The van der Waals surface area contributed by atoms with E-state index in [1.807, 2.05) is 0 Å². The van der Waals surface area contributed by atoms with E-state index in [0.717, 1.165) is 11.8 Å². The maximum atomic E-state index is 10.2. The minimum absolute atomic E-state index is 0.220. The number of hydrogen-bond donors (Lipinski definition) is 2. The summed E-state index contributed by atoms with van der Waals surface area (Å²) in [4.78, 5) is 10.2. The second-order valence-corrected chi connectivity index (χ2v) is 3.58. The number of thioether (sulfide) groups is 1. The maximum absolute atomic E-state index is 10.2. The summed E-state index contributed by atoms with van der Waals surface area (Å²) in [6.45, 7) is 0. The molecule has 0 aliphatic rings. The summed E-state index contributed by atoms with van der Waals surface area (Å²) in [7, 11) is 0. The summed E-state index contributed by atoms with van der Waals surface area (Å²) in [5, 5.41) is 8.33. The Labute approximate surface area is 78.5 Å². The fraction of sp³-hybridized carbons (Fsp3) is 0.400. The average Bonchev–Trinajstić information content (AvgIpc) is 1.99. The molecule has 0 radical (unpaired) electrons. The van der Waals surface area contributed by atoms with Crippen LogP contribution in [0.4, 0.5) is 0 Å². The predicted octanol–water partition coefficient (Wildman–Crippen LogP) is 1.41. The minimum Gasteiger partial charge on any atom is -0.480 e. The number of aliphatic carboxylic acids is 1. The van der Waals surface area contributed by atoms with Crippen molar-refractivity contribution in [1.82, 2.24) is 0 Å². The van der Waals surface area contributed by atoms with Crippen LogP contribution in [0, 0.1) is 0 Å². The lowest BCUT2D eigenvalue weighted by Gasteiger charge is -2.03. The van der Waals surface area contributed by atoms with Gasteiger partial charge >= 0.3 is 5.97 Å². The van der Waals surface area contributed by atoms with E-state index < -0.39 is 12.0 Å². The molecular formula is C5H7Cl2NO2S. The molecule has 0 fully saturated rings. The molecule has 3 N–H and O–H groups in total. The van der Waals surface area contributed by atoms with E-state index in [2.05, 4.69) is 0 Å². The van der Waals surface area contributed by atoms with E-state index in [4.69, 9.17) is 34.0 Å². The van der Waals surface area contributed by atoms with Crippen LogP contribution in [0.2, 0.25) is 0 Å². The number of carboxylic acids is 1. The fourth-order valence-corrected chi connectivity index (χ4v) is 1.19. The van der Waals surface area contributed by atoms with Crippen molar-refractivity contribution in [1.29, 1.82) is 0 Å². The normalized spacial score (nSPS) is 14.6. The van der Waals surface area contributed by atoms with Crippen LogP contribution in [0.15, 0.2) is 9.90 Å². The van der Waals surface area contributed by atoms with Crippen molar-refractivity contribution in [3.63, 3.8) is 0 Å². The lowest BCUT2D eigenvalue weighted by Crippen LogP contribution is -2.32. The summed E-state index contributed by atoms with van der Waals surface area (Å²) >= 11 is 11.8. The first-order chi connectivity index (χ1) is 5.07. The summed E-state index contributed by atoms with van der Waals surface area (Å²) in [6, 6.07) is -0.898. The van der Waals surface area contributed by atoms with Crippen LogP contribution in [0.1, 0.15) is 0 Å². The molecular weight excluding hydrogens is 209 g/mol. The van der Waals surface area contributed by atoms with E-state index in [0.29, 0.717) is 4.36 Å². The number of nitrogens with two attached hydrogens (primary N) is 1. The molecule has 64 valence electrons. The van der Waals surface area contributed by atoms with Gasteiger partial charge in [-0.05, 0) is 0 Å². The smallest absolute Gasteiger partial charge is 0.321 e. The number of rotatable bonds is 4. The number of carboxylic acid groups (broad SMARTS) is 1. The highest BCUT2D eigenvalue weighted by molar-refractivity contribution is 8.04. The molecule has 0 aliphatic carbocycles. The van der Waals surface area contributed by atoms with Gasteiger partial charge < -0.3 is 10.8 Å². The highest BCUT2D eigenvalue weighted by Crippen LogP contribution is 2.20. The first kappa shape index (κ1) is 11.1. The van der Waals surface area contributed by atoms with E-state index in [-0.39, 0.29) is 5.75 Å². The fourth-order valence-electron chi connectivity index (χ4n) is 0.272. The van der Waals surface area contributed by atoms with Crippen molar-refractivity contribution < 1.29 is 9.90 Å². The Morgan fingerprint density at radius 3 is 2.73 bits per heavy atom. The van der Waals surface area contributed by atoms with E-state index in [9.17, 15) is 4.79 Å². The Morgan fingerprint density at radius 1 is 1.82 bits per heavy atom. The second kappa shape index (κ2) is 5.71. The van der Waals surface area contributed by atoms with Gasteiger partial charge in [0.25, 0.3) is 0 Å². The number of hydrogen-bond acceptors (Lipinski definition) is 3. The third-order valence-corrected chi connectivity index (χ3v) is 2.62. The van der Waals surface area contributed by atoms with Gasteiger partial charge in [-0.25, -0.2) is 0 Å². The lowest BCUT2D eigenvalue weighted by molar-refractivity contribution is -0.137. The van der Waals surface area contributed by atoms with Crippen molar-refractivity contribution in [2.24, 2.45) is 5.73 Å². The number of halogens is 2. The first-order valence-corrected chi connectivity index (χ1v) is 4.45. The van der Waals surface area contributed by atoms with Crippen LogP contribution in [-0.4, -0.2) is 22.9 Å². The number of carbonyl (C=O) groups is 1. The van der Waals surface area contributed by atoms with Gasteiger partial charge in [-0.3, -0.25) is 4.79 Å². The quantitative estimate of drug-likeness (QED) is 0.745. The zero-order valence-corrected chi connectivity index (χ0v) is 7.79. The van der Waals surface area contributed by atoms with Gasteiger partial charge in [0.05, 0.1) is 4.36 Å². The molecule has 6 heteroatoms. The standard InChI is InChI=1S/C5H7Cl2NO2S/c6-1-4(7)11-2-3(8)5(9)10/h1,3H,2,8H2,(H,9,10)/b4-1+/t3-/m1/s1. The molecule has 11 heavy (non-hydrogen) atoms. The topological polar surface area (TPSA) is 63.3 Å². The molecule has 0 aromatic carbocycles. The van der Waals surface area contributed by atoms with Crippen LogP contribution in [-0.2, 0) is 4.79 Å². The summed E-state index contributed by atoms with van der Waals surface area (Å²) < 4.78 is 0.336. The Balaban J connectivity index is 3.62. The van der Waals surface area contributed by atoms with Crippen LogP contribution in [0.5, 0.6) is 0 Å². The summed E-state index contributed by atoms with van der Waals surface area (Å²) in [5.41, 5.74) is 6.34. The molecule has 0 spiro atoms. The highest BCUT2D eigenvalue weighted by Gasteiger charge is 2.11. The minimum atomic E-state index is -1.04. The van der Waals surface area contributed by atoms with Gasteiger partial charge in [0, 0.05) is 11.3 Å². The maximum Gasteiger partial charge on any atom is 0.321 e. The van der Waals surface area contributed by atoms with Gasteiger partial charge in [0.1, 0.15) is 6.04 Å². The van der Waals surface area contributed by atoms with Gasteiger partial charge in [-0.1, -0.05) is 23.2 Å². The average molecular weight is 216 g/mol. The molecule has 0 amide bonds. The van der Waals surface area contributed by atoms with Crippen LogP contribution >= 0.6 is 35.0 Å². The van der Waals surface area contributed by atoms with Gasteiger partial charge in [0.15, 0.2) is 0 Å². The monoisotopic (exact) mass is 215 g/mol. The molecule has 0 unspecified atom stereocenters. The molecule has 0 bridgehead atoms. The molecule has 0 rings (SSSR count). The third kappa shape index (κ3) is 5.38. The van der Waals surface area contributed by atoms with Crippen molar-refractivity contribution in [2.45, 2.75) is 6.04 Å². The molecule has 1 atom stereocenters. The zero-order valence-electron chi connectivity index (χ0n) is 5.46. The van der Waals surface area contributed by atoms with E-state index in [1.54, 1.807) is 0 Å². The summed E-state index contributed by atoms with van der Waals surface area (Å²) in [5.74, 6) is -0.825. The van der Waals surface area contributed by atoms with Gasteiger partial charge in [0.2, 0.25) is 0 Å². The van der Waals surface area contributed by atoms with Crippen LogP contribution in [0.25, 0.3) is 0 Å². The highest BCUT2D eigenvalue weighted by atomic mass is 35.5. The Bertz CT molecular complexity index is 174. The predicted molar refractivity (Wildman–Crippen MR) is 47.9 cm³/mol. The Morgan fingerprint density at radius 2 is 2.36 bits per heavy atom. The molecule has 0 heterocycles. The van der Waals surface area contributed by atoms with E-state index in [1.165, 1.54) is 5.54 Å². The first-order valence-electron chi connectivity index (χ1n) is 2.65. The van der Waals surface area contributed by atoms with Crippen molar-refractivity contribution in [2.75, 3.05) is 5.75 Å². The molecule has 0 saturated heterocycles. The largest absolute Gasteiger partial charge is 0.480 e. The molecule has 0 saturated carbocycles. The Hall–Kier alpha value is 0.1000. The van der Waals surface area contributed by atoms with Crippen molar-refractivity contribution in [3.8, 4) is 0 Å². The summed E-state index contributed by atoms with van der Waals surface area (Å²) in [6.07, 6.45) is 0. The van der Waals surface area contributed by atoms with Crippen molar-refractivity contribution >= 4 is 40.9 Å². The molecule has 0 aliphatic heterocycles. The van der Waals surface area contributed by atoms with Gasteiger partial charge in [-0.15, -0.1) is 11.8 Å². The third-order valence-electron chi connectivity index (χ3n) is 0.804. The molecule has 0 aromatic rings. The molecule has 0 aromatic heterocycles. The second-order valence-electron chi connectivity index (χ2n) is 1.67. The Kier molecular flexibility index (Phi) is 5.76. The van der Waals surface area contributed by atoms with Crippen LogP contribution in [0.3, 0.4) is 0 Å². The SMILES string of the molecule is N[C@H](CS/C(Cl)=C/Cl)C(=O)O. The van der Waals surface area contributed by atoms with Crippen LogP contribution < -0.4 is 5.73 Å². The zero-order chi connectivity index (χ0) is 8.85. The van der Waals surface area contributed by atoms with Gasteiger partial charge in [-0.2, -0.15) is 0 Å². The van der Waals surface area contributed by atoms with Crippen molar-refractivity contribution in [3.05, 3.63) is 9.90 Å². The van der Waals surface area contributed by atoms with E-state index >= 15 is 0 Å². The molecule has 3 nitrogen and oxygen atoms in total. The lowest BCUT2D eigenvalue weighted by atomic mass is 10.4.